The molecular weight excluding hydrogens is 426 g/mol. The van der Waals surface area contributed by atoms with Crippen molar-refractivity contribution in [3.05, 3.63) is 53.0 Å². The molecule has 7 nitrogen and oxygen atoms in total. The lowest BCUT2D eigenvalue weighted by molar-refractivity contribution is 0.383. The first-order valence-electron chi connectivity index (χ1n) is 9.45. The van der Waals surface area contributed by atoms with Gasteiger partial charge < -0.3 is 10.2 Å². The van der Waals surface area contributed by atoms with E-state index in [4.69, 9.17) is 0 Å². The summed E-state index contributed by atoms with van der Waals surface area (Å²) >= 11 is 3.29. The molecule has 0 atom stereocenters. The molecule has 0 aromatic carbocycles. The zero-order valence-corrected chi connectivity index (χ0v) is 18.3. The van der Waals surface area contributed by atoms with Crippen LogP contribution in [-0.4, -0.2) is 61.2 Å². The number of pyridine rings is 1. The molecule has 3 aromatic heterocycles. The van der Waals surface area contributed by atoms with Gasteiger partial charge in [-0.05, 0) is 23.6 Å². The Morgan fingerprint density at radius 2 is 1.93 bits per heavy atom. The van der Waals surface area contributed by atoms with E-state index in [1.165, 1.54) is 0 Å². The summed E-state index contributed by atoms with van der Waals surface area (Å²) in [5, 5.41) is 8.28. The smallest absolute Gasteiger partial charge is 0.215 e. The fourth-order valence-corrected chi connectivity index (χ4v) is 6.20. The van der Waals surface area contributed by atoms with Gasteiger partial charge in [0.25, 0.3) is 0 Å². The van der Waals surface area contributed by atoms with Crippen molar-refractivity contribution in [2.75, 3.05) is 43.4 Å². The lowest BCUT2D eigenvalue weighted by Crippen LogP contribution is -2.50. The van der Waals surface area contributed by atoms with Crippen LogP contribution >= 0.6 is 22.7 Å². The molecule has 1 aliphatic heterocycles. The van der Waals surface area contributed by atoms with Crippen LogP contribution in [0.4, 0.5) is 5.82 Å². The molecule has 0 unspecified atom stereocenters. The van der Waals surface area contributed by atoms with E-state index in [1.54, 1.807) is 33.2 Å². The normalized spacial score (nSPS) is 15.7. The molecule has 1 N–H and O–H groups in total. The van der Waals surface area contributed by atoms with Crippen LogP contribution in [0.15, 0.2) is 47.3 Å². The van der Waals surface area contributed by atoms with Gasteiger partial charge in [0.2, 0.25) is 10.0 Å². The summed E-state index contributed by atoms with van der Waals surface area (Å²) in [7, 11) is -3.27. The summed E-state index contributed by atoms with van der Waals surface area (Å²) in [6.07, 6.45) is 1.76. The third kappa shape index (κ3) is 5.20. The number of piperazine rings is 1. The topological polar surface area (TPSA) is 78.4 Å². The zero-order valence-electron chi connectivity index (χ0n) is 15.9. The fraction of sp³-hybridized carbons (Fsp3) is 0.368. The molecule has 0 bridgehead atoms. The second-order valence-corrected chi connectivity index (χ2v) is 10.6. The molecule has 29 heavy (non-hydrogen) atoms. The predicted octanol–water partition coefficient (Wildman–Crippen LogP) is 2.51. The Morgan fingerprint density at radius 1 is 1.07 bits per heavy atom. The van der Waals surface area contributed by atoms with Crippen molar-refractivity contribution in [1.82, 2.24) is 19.6 Å². The van der Waals surface area contributed by atoms with Gasteiger partial charge in [-0.15, -0.1) is 22.7 Å². The average molecular weight is 450 g/mol. The van der Waals surface area contributed by atoms with Crippen molar-refractivity contribution in [3.63, 3.8) is 0 Å². The number of nitrogens with one attached hydrogen (secondary N) is 1. The number of aromatic nitrogens is 2. The molecule has 0 amide bonds. The number of thiazole rings is 1. The lowest BCUT2D eigenvalue weighted by Gasteiger charge is -2.34. The maximum atomic E-state index is 12.6. The van der Waals surface area contributed by atoms with Crippen LogP contribution in [0.1, 0.15) is 5.69 Å². The first-order valence-corrected chi connectivity index (χ1v) is 12.8. The third-order valence-corrected chi connectivity index (χ3v) is 8.53. The lowest BCUT2D eigenvalue weighted by atomic mass is 10.3. The number of thiophene rings is 1. The highest BCUT2D eigenvalue weighted by Gasteiger charge is 2.26. The number of rotatable bonds is 8. The highest BCUT2D eigenvalue weighted by molar-refractivity contribution is 7.89. The summed E-state index contributed by atoms with van der Waals surface area (Å²) in [5.41, 5.74) is 0.944. The third-order valence-electron chi connectivity index (χ3n) is 4.73. The Balaban J connectivity index is 1.22. The fourth-order valence-electron chi connectivity index (χ4n) is 3.18. The van der Waals surface area contributed by atoms with Crippen molar-refractivity contribution >= 4 is 38.5 Å². The van der Waals surface area contributed by atoms with Crippen molar-refractivity contribution in [2.24, 2.45) is 0 Å². The number of sulfonamides is 1. The van der Waals surface area contributed by atoms with Crippen LogP contribution in [0.2, 0.25) is 0 Å². The molecule has 10 heteroatoms. The van der Waals surface area contributed by atoms with E-state index in [2.05, 4.69) is 26.3 Å². The van der Waals surface area contributed by atoms with Gasteiger partial charge >= 0.3 is 0 Å². The number of hydrogen-bond donors (Lipinski definition) is 1. The van der Waals surface area contributed by atoms with E-state index in [1.807, 2.05) is 35.0 Å². The molecule has 1 fully saturated rings. The standard InChI is InChI=1S/C19H23N5O2S3/c25-29(26,24-10-8-23(9-11-24)18-5-1-2-6-21-18)13-7-20-14-16-15-28-19(22-16)17-4-3-12-27-17/h1-6,12,15,20H,7-11,13-14H2. The first-order chi connectivity index (χ1) is 14.1. The average Bonchev–Trinajstić information content (AvgIpc) is 3.44. The first kappa shape index (κ1) is 20.4. The summed E-state index contributed by atoms with van der Waals surface area (Å²) in [4.78, 5) is 12.2. The zero-order chi connectivity index (χ0) is 20.1. The minimum absolute atomic E-state index is 0.0957. The molecule has 0 spiro atoms. The second kappa shape index (κ2) is 9.31. The maximum absolute atomic E-state index is 12.6. The Hall–Kier alpha value is -1.85. The van der Waals surface area contributed by atoms with Gasteiger partial charge in [0.1, 0.15) is 10.8 Å². The van der Waals surface area contributed by atoms with Crippen LogP contribution in [-0.2, 0) is 16.6 Å². The van der Waals surface area contributed by atoms with Crippen molar-refractivity contribution < 1.29 is 8.42 Å². The van der Waals surface area contributed by atoms with E-state index in [0.717, 1.165) is 21.4 Å². The van der Waals surface area contributed by atoms with Gasteiger partial charge in [-0.25, -0.2) is 18.4 Å². The second-order valence-electron chi connectivity index (χ2n) is 6.69. The molecule has 0 saturated carbocycles. The van der Waals surface area contributed by atoms with Gasteiger partial charge in [-0.1, -0.05) is 12.1 Å². The molecule has 4 heterocycles. The largest absolute Gasteiger partial charge is 0.354 e. The molecule has 0 aliphatic carbocycles. The summed E-state index contributed by atoms with van der Waals surface area (Å²) in [6.45, 7) is 3.30. The maximum Gasteiger partial charge on any atom is 0.215 e. The molecule has 4 rings (SSSR count). The predicted molar refractivity (Wildman–Crippen MR) is 119 cm³/mol. The van der Waals surface area contributed by atoms with E-state index >= 15 is 0 Å². The van der Waals surface area contributed by atoms with Gasteiger partial charge in [-0.2, -0.15) is 4.31 Å². The van der Waals surface area contributed by atoms with Crippen LogP contribution in [0.5, 0.6) is 0 Å². The quantitative estimate of drug-likeness (QED) is 0.533. The number of nitrogens with zero attached hydrogens (tertiary/aromatic N) is 4. The van der Waals surface area contributed by atoms with Crippen molar-refractivity contribution in [2.45, 2.75) is 6.54 Å². The van der Waals surface area contributed by atoms with Crippen LogP contribution < -0.4 is 10.2 Å². The van der Waals surface area contributed by atoms with Gasteiger partial charge in [0.15, 0.2) is 0 Å². The van der Waals surface area contributed by atoms with E-state index in [-0.39, 0.29) is 5.75 Å². The SMILES string of the molecule is O=S(=O)(CCNCc1csc(-c2cccs2)n1)N1CCN(c2ccccn2)CC1. The summed E-state index contributed by atoms with van der Waals surface area (Å²) < 4.78 is 26.9. The molecule has 3 aromatic rings. The van der Waals surface area contributed by atoms with E-state index in [0.29, 0.717) is 39.3 Å². The Labute approximate surface area is 179 Å². The minimum atomic E-state index is -3.27. The Morgan fingerprint density at radius 3 is 2.66 bits per heavy atom. The monoisotopic (exact) mass is 449 g/mol. The van der Waals surface area contributed by atoms with Crippen LogP contribution in [0.25, 0.3) is 9.88 Å². The molecule has 1 saturated heterocycles. The Kier molecular flexibility index (Phi) is 6.56. The summed E-state index contributed by atoms with van der Waals surface area (Å²) in [5.74, 6) is 0.995. The van der Waals surface area contributed by atoms with Crippen molar-refractivity contribution in [3.8, 4) is 9.88 Å². The molecule has 0 radical (unpaired) electrons. The highest BCUT2D eigenvalue weighted by atomic mass is 32.2. The highest BCUT2D eigenvalue weighted by Crippen LogP contribution is 2.27. The van der Waals surface area contributed by atoms with Crippen LogP contribution in [0, 0.1) is 0 Å². The van der Waals surface area contributed by atoms with Gasteiger partial charge in [-0.3, -0.25) is 0 Å². The van der Waals surface area contributed by atoms with Gasteiger partial charge in [0.05, 0.1) is 16.3 Å². The number of anilines is 1. The Bertz CT molecular complexity index is 998. The van der Waals surface area contributed by atoms with E-state index in [9.17, 15) is 8.42 Å². The number of hydrogen-bond acceptors (Lipinski definition) is 8. The molecule has 1 aliphatic rings. The molecule has 154 valence electrons. The van der Waals surface area contributed by atoms with Gasteiger partial charge in [0, 0.05) is 50.8 Å². The minimum Gasteiger partial charge on any atom is -0.354 e. The van der Waals surface area contributed by atoms with E-state index < -0.39 is 10.0 Å². The van der Waals surface area contributed by atoms with Crippen LogP contribution in [0.3, 0.4) is 0 Å². The molecular formula is C19H23N5O2S3. The van der Waals surface area contributed by atoms with Crippen molar-refractivity contribution in [1.29, 1.82) is 0 Å². The summed E-state index contributed by atoms with van der Waals surface area (Å²) in [6, 6.07) is 9.85.